The van der Waals surface area contributed by atoms with Gasteiger partial charge in [0.2, 0.25) is 0 Å². The summed E-state index contributed by atoms with van der Waals surface area (Å²) >= 11 is 5.19. The molecule has 3 nitrogen and oxygen atoms in total. The van der Waals surface area contributed by atoms with Gasteiger partial charge in [0, 0.05) is 23.7 Å². The topological polar surface area (TPSA) is 53.0 Å². The Bertz CT molecular complexity index is 613. The zero-order valence-corrected chi connectivity index (χ0v) is 13.8. The van der Waals surface area contributed by atoms with E-state index in [1.165, 1.54) is 4.88 Å². The van der Waals surface area contributed by atoms with Crippen LogP contribution in [0.2, 0.25) is 0 Å². The molecule has 0 spiro atoms. The van der Waals surface area contributed by atoms with Gasteiger partial charge >= 0.3 is 0 Å². The van der Waals surface area contributed by atoms with Gasteiger partial charge in [-0.15, -0.1) is 11.3 Å². The lowest BCUT2D eigenvalue weighted by Crippen LogP contribution is -2.36. The molecule has 0 saturated heterocycles. The molecular weight excluding hydrogens is 334 g/mol. The number of thiophene rings is 1. The molecule has 1 heterocycles. The van der Waals surface area contributed by atoms with E-state index in [0.29, 0.717) is 5.56 Å². The quantitative estimate of drug-likeness (QED) is 0.910. The maximum atomic E-state index is 8.86. The Morgan fingerprint density at radius 3 is 2.35 bits per heavy atom. The summed E-state index contributed by atoms with van der Waals surface area (Å²) in [6, 6.07) is 14.0. The number of rotatable bonds is 4. The van der Waals surface area contributed by atoms with Crippen molar-refractivity contribution in [3.8, 4) is 6.07 Å². The second-order valence-electron chi connectivity index (χ2n) is 4.72. The zero-order valence-electron chi connectivity index (χ0n) is 11.4. The number of anilines is 1. The number of nitriles is 1. The van der Waals surface area contributed by atoms with Gasteiger partial charge in [-0.25, -0.2) is 0 Å². The van der Waals surface area contributed by atoms with E-state index in [1.807, 2.05) is 44.3 Å². The number of nitrogens with two attached hydrogens (primary N) is 1. The van der Waals surface area contributed by atoms with Crippen molar-refractivity contribution in [2.45, 2.75) is 19.0 Å². The monoisotopic (exact) mass is 349 g/mol. The summed E-state index contributed by atoms with van der Waals surface area (Å²) in [5.74, 6) is 0. The normalized spacial score (nSPS) is 13.6. The van der Waals surface area contributed by atoms with Crippen molar-refractivity contribution in [2.24, 2.45) is 5.73 Å². The third-order valence-corrected chi connectivity index (χ3v) is 4.90. The lowest BCUT2D eigenvalue weighted by atomic mass is 10.1. The fourth-order valence-electron chi connectivity index (χ4n) is 2.22. The van der Waals surface area contributed by atoms with Crippen LogP contribution in [0.15, 0.2) is 40.2 Å². The second-order valence-corrected chi connectivity index (χ2v) is 7.21. The van der Waals surface area contributed by atoms with Crippen LogP contribution < -0.4 is 10.6 Å². The van der Waals surface area contributed by atoms with Crippen LogP contribution in [0.5, 0.6) is 0 Å². The Labute approximate surface area is 131 Å². The number of nitrogens with zero attached hydrogens (tertiary/aromatic N) is 2. The van der Waals surface area contributed by atoms with Crippen LogP contribution in [0.4, 0.5) is 5.69 Å². The molecule has 0 aliphatic rings. The summed E-state index contributed by atoms with van der Waals surface area (Å²) in [6.07, 6.45) is 0. The van der Waals surface area contributed by atoms with E-state index in [9.17, 15) is 0 Å². The van der Waals surface area contributed by atoms with Crippen LogP contribution in [-0.2, 0) is 0 Å². The standard InChI is InChI=1S/C15H16BrN3S/c1-10(18)15(13-7-8-14(16)20-13)19(2)12-5-3-11(9-17)4-6-12/h3-8,10,15H,18H2,1-2H3. The number of benzene rings is 1. The predicted molar refractivity (Wildman–Crippen MR) is 88.0 cm³/mol. The molecule has 0 aliphatic heterocycles. The van der Waals surface area contributed by atoms with Gasteiger partial charge in [-0.05, 0) is 59.3 Å². The van der Waals surface area contributed by atoms with E-state index in [-0.39, 0.29) is 12.1 Å². The molecule has 2 atom stereocenters. The Hall–Kier alpha value is -1.35. The van der Waals surface area contributed by atoms with E-state index < -0.39 is 0 Å². The highest BCUT2D eigenvalue weighted by Gasteiger charge is 2.23. The predicted octanol–water partition coefficient (Wildman–Crippen LogP) is 3.91. The Balaban J connectivity index is 2.31. The smallest absolute Gasteiger partial charge is 0.0991 e. The lowest BCUT2D eigenvalue weighted by Gasteiger charge is -2.32. The summed E-state index contributed by atoms with van der Waals surface area (Å²) in [7, 11) is 2.03. The summed E-state index contributed by atoms with van der Waals surface area (Å²) in [6.45, 7) is 2.01. The molecule has 20 heavy (non-hydrogen) atoms. The third kappa shape index (κ3) is 3.21. The molecule has 2 rings (SSSR count). The van der Waals surface area contributed by atoms with Crippen LogP contribution >= 0.6 is 27.3 Å². The molecule has 0 amide bonds. The van der Waals surface area contributed by atoms with Crippen molar-refractivity contribution in [1.29, 1.82) is 5.26 Å². The highest BCUT2D eigenvalue weighted by Crippen LogP contribution is 2.34. The highest BCUT2D eigenvalue weighted by molar-refractivity contribution is 9.11. The van der Waals surface area contributed by atoms with Crippen molar-refractivity contribution in [1.82, 2.24) is 0 Å². The molecule has 2 aromatic rings. The van der Waals surface area contributed by atoms with Gasteiger partial charge in [0.15, 0.2) is 0 Å². The summed E-state index contributed by atoms with van der Waals surface area (Å²) in [5, 5.41) is 8.86. The number of likely N-dealkylation sites (N-methyl/N-ethyl adjacent to an activating group) is 1. The fourth-order valence-corrected chi connectivity index (χ4v) is 3.91. The lowest BCUT2D eigenvalue weighted by molar-refractivity contribution is 0.566. The van der Waals surface area contributed by atoms with Gasteiger partial charge in [-0.3, -0.25) is 0 Å². The SMILES string of the molecule is CC(N)C(c1ccc(Br)s1)N(C)c1ccc(C#N)cc1. The average Bonchev–Trinajstić information content (AvgIpc) is 2.85. The summed E-state index contributed by atoms with van der Waals surface area (Å²) in [5.41, 5.74) is 7.89. The molecule has 0 fully saturated rings. The largest absolute Gasteiger partial charge is 0.365 e. The molecule has 104 valence electrons. The van der Waals surface area contributed by atoms with E-state index in [1.54, 1.807) is 11.3 Å². The van der Waals surface area contributed by atoms with Crippen LogP contribution in [0.1, 0.15) is 23.4 Å². The minimum absolute atomic E-state index is 0.00110. The van der Waals surface area contributed by atoms with Crippen molar-refractivity contribution in [3.63, 3.8) is 0 Å². The molecule has 0 aliphatic carbocycles. The van der Waals surface area contributed by atoms with Gasteiger partial charge in [-0.2, -0.15) is 5.26 Å². The number of hydrogen-bond acceptors (Lipinski definition) is 4. The van der Waals surface area contributed by atoms with Gasteiger partial charge < -0.3 is 10.6 Å². The zero-order chi connectivity index (χ0) is 14.7. The molecule has 1 aromatic heterocycles. The molecule has 5 heteroatoms. The third-order valence-electron chi connectivity index (χ3n) is 3.20. The van der Waals surface area contributed by atoms with Crippen LogP contribution in [0, 0.1) is 11.3 Å². The van der Waals surface area contributed by atoms with Crippen molar-refractivity contribution in [3.05, 3.63) is 50.6 Å². The van der Waals surface area contributed by atoms with Crippen molar-refractivity contribution in [2.75, 3.05) is 11.9 Å². The fraction of sp³-hybridized carbons (Fsp3) is 0.267. The Morgan fingerprint density at radius 1 is 1.25 bits per heavy atom. The Morgan fingerprint density at radius 2 is 1.90 bits per heavy atom. The van der Waals surface area contributed by atoms with Gasteiger partial charge in [-0.1, -0.05) is 0 Å². The molecule has 0 bridgehead atoms. The first-order chi connectivity index (χ1) is 9.52. The molecular formula is C15H16BrN3S. The van der Waals surface area contributed by atoms with E-state index in [4.69, 9.17) is 11.0 Å². The van der Waals surface area contributed by atoms with E-state index in [0.717, 1.165) is 9.47 Å². The number of halogens is 1. The van der Waals surface area contributed by atoms with Crippen LogP contribution in [0.25, 0.3) is 0 Å². The number of hydrogen-bond donors (Lipinski definition) is 1. The minimum Gasteiger partial charge on any atom is -0.365 e. The minimum atomic E-state index is 0.00110. The summed E-state index contributed by atoms with van der Waals surface area (Å²) < 4.78 is 1.10. The molecule has 1 aromatic carbocycles. The average molecular weight is 350 g/mol. The molecule has 0 saturated carbocycles. The van der Waals surface area contributed by atoms with E-state index >= 15 is 0 Å². The van der Waals surface area contributed by atoms with Crippen molar-refractivity contribution < 1.29 is 0 Å². The first-order valence-electron chi connectivity index (χ1n) is 6.26. The second kappa shape index (κ2) is 6.40. The highest BCUT2D eigenvalue weighted by atomic mass is 79.9. The molecule has 2 unspecified atom stereocenters. The van der Waals surface area contributed by atoms with Gasteiger partial charge in [0.05, 0.1) is 21.5 Å². The maximum absolute atomic E-state index is 8.86. The van der Waals surface area contributed by atoms with Gasteiger partial charge in [0.25, 0.3) is 0 Å². The van der Waals surface area contributed by atoms with Crippen LogP contribution in [-0.4, -0.2) is 13.1 Å². The van der Waals surface area contributed by atoms with Crippen molar-refractivity contribution >= 4 is 33.0 Å². The Kier molecular flexibility index (Phi) is 4.81. The first-order valence-corrected chi connectivity index (χ1v) is 7.87. The molecule has 2 N–H and O–H groups in total. The van der Waals surface area contributed by atoms with E-state index in [2.05, 4.69) is 33.0 Å². The summed E-state index contributed by atoms with van der Waals surface area (Å²) in [4.78, 5) is 3.38. The molecule has 0 radical (unpaired) electrons. The maximum Gasteiger partial charge on any atom is 0.0991 e. The van der Waals surface area contributed by atoms with Gasteiger partial charge in [0.1, 0.15) is 0 Å². The first kappa shape index (κ1) is 15.0. The van der Waals surface area contributed by atoms with Crippen LogP contribution in [0.3, 0.4) is 0 Å².